The zero-order valence-corrected chi connectivity index (χ0v) is 13.1. The van der Waals surface area contributed by atoms with Crippen LogP contribution in [0.3, 0.4) is 0 Å². The van der Waals surface area contributed by atoms with Crippen molar-refractivity contribution in [1.82, 2.24) is 4.90 Å². The van der Waals surface area contributed by atoms with E-state index in [-0.39, 0.29) is 5.54 Å². The van der Waals surface area contributed by atoms with Crippen LogP contribution >= 0.6 is 0 Å². The highest BCUT2D eigenvalue weighted by Crippen LogP contribution is 2.37. The third-order valence-corrected chi connectivity index (χ3v) is 4.90. The van der Waals surface area contributed by atoms with Gasteiger partial charge in [-0.05, 0) is 38.9 Å². The van der Waals surface area contributed by atoms with Crippen molar-refractivity contribution in [1.29, 1.82) is 0 Å². The molecular formula is C16H27N3O. The molecule has 1 aromatic rings. The van der Waals surface area contributed by atoms with Gasteiger partial charge in [-0.15, -0.1) is 0 Å². The first-order valence-electron chi connectivity index (χ1n) is 7.31. The molecule has 4 heteroatoms. The average Bonchev–Trinajstić information content (AvgIpc) is 2.49. The van der Waals surface area contributed by atoms with Gasteiger partial charge in [0, 0.05) is 26.2 Å². The molecule has 0 saturated carbocycles. The molecule has 0 amide bonds. The highest BCUT2D eigenvalue weighted by Gasteiger charge is 2.40. The van der Waals surface area contributed by atoms with E-state index in [0.717, 1.165) is 30.8 Å². The Bertz CT molecular complexity index is 451. The van der Waals surface area contributed by atoms with Crippen molar-refractivity contribution in [2.75, 3.05) is 39.2 Å². The highest BCUT2D eigenvalue weighted by atomic mass is 16.5. The van der Waals surface area contributed by atoms with Gasteiger partial charge in [0.25, 0.3) is 0 Å². The molecular weight excluding hydrogens is 250 g/mol. The summed E-state index contributed by atoms with van der Waals surface area (Å²) < 4.78 is 5.50. The Kier molecular flexibility index (Phi) is 4.55. The van der Waals surface area contributed by atoms with Gasteiger partial charge < -0.3 is 20.3 Å². The lowest BCUT2D eigenvalue weighted by Crippen LogP contribution is -2.60. The number of benzene rings is 1. The van der Waals surface area contributed by atoms with Crippen molar-refractivity contribution in [3.05, 3.63) is 24.3 Å². The molecule has 1 aliphatic heterocycles. The lowest BCUT2D eigenvalue weighted by atomic mass is 9.82. The fraction of sp³-hybridized carbons (Fsp3) is 0.625. The summed E-state index contributed by atoms with van der Waals surface area (Å²) in [5.74, 6) is 0.911. The number of nitrogens with two attached hydrogens (primary N) is 1. The molecule has 1 aromatic carbocycles. The van der Waals surface area contributed by atoms with E-state index < -0.39 is 0 Å². The molecule has 0 aliphatic carbocycles. The van der Waals surface area contributed by atoms with Crippen LogP contribution in [-0.2, 0) is 0 Å². The molecule has 20 heavy (non-hydrogen) atoms. The maximum atomic E-state index is 6.17. The van der Waals surface area contributed by atoms with Crippen LogP contribution in [0.1, 0.15) is 19.8 Å². The summed E-state index contributed by atoms with van der Waals surface area (Å²) in [7, 11) is 6.05. The largest absolute Gasteiger partial charge is 0.495 e. The normalized spacial score (nSPS) is 27.4. The number of hydrogen-bond acceptors (Lipinski definition) is 4. The number of likely N-dealkylation sites (tertiary alicyclic amines) is 1. The van der Waals surface area contributed by atoms with Crippen molar-refractivity contribution < 1.29 is 4.74 Å². The average molecular weight is 277 g/mol. The van der Waals surface area contributed by atoms with Crippen LogP contribution in [0, 0.1) is 0 Å². The van der Waals surface area contributed by atoms with Gasteiger partial charge in [0.05, 0.1) is 18.3 Å². The van der Waals surface area contributed by atoms with Crippen LogP contribution in [0.5, 0.6) is 5.75 Å². The number of hydrogen-bond donors (Lipinski definition) is 1. The molecule has 4 nitrogen and oxygen atoms in total. The topological polar surface area (TPSA) is 41.7 Å². The highest BCUT2D eigenvalue weighted by molar-refractivity contribution is 5.60. The molecule has 2 atom stereocenters. The molecule has 2 unspecified atom stereocenters. The van der Waals surface area contributed by atoms with Crippen LogP contribution in [0.25, 0.3) is 0 Å². The zero-order valence-electron chi connectivity index (χ0n) is 13.1. The molecule has 112 valence electrons. The van der Waals surface area contributed by atoms with Gasteiger partial charge in [0.1, 0.15) is 5.75 Å². The van der Waals surface area contributed by atoms with Gasteiger partial charge in [0.2, 0.25) is 0 Å². The number of ether oxygens (including phenoxy) is 1. The second-order valence-electron chi connectivity index (χ2n) is 5.94. The number of rotatable bonds is 4. The smallest absolute Gasteiger partial charge is 0.142 e. The quantitative estimate of drug-likeness (QED) is 0.913. The van der Waals surface area contributed by atoms with E-state index in [4.69, 9.17) is 10.5 Å². The first kappa shape index (κ1) is 15.1. The van der Waals surface area contributed by atoms with Crippen LogP contribution in [0.15, 0.2) is 24.3 Å². The minimum atomic E-state index is 0.0144. The Morgan fingerprint density at radius 2 is 2.15 bits per heavy atom. The van der Waals surface area contributed by atoms with Crippen molar-refractivity contribution in [2.24, 2.45) is 5.73 Å². The molecule has 1 aliphatic rings. The Hall–Kier alpha value is -1.26. The van der Waals surface area contributed by atoms with E-state index in [1.807, 2.05) is 12.1 Å². The first-order valence-corrected chi connectivity index (χ1v) is 7.31. The number of para-hydroxylation sites is 2. The van der Waals surface area contributed by atoms with Crippen molar-refractivity contribution in [3.63, 3.8) is 0 Å². The van der Waals surface area contributed by atoms with Crippen LogP contribution < -0.4 is 15.4 Å². The lowest BCUT2D eigenvalue weighted by molar-refractivity contribution is 0.132. The van der Waals surface area contributed by atoms with Gasteiger partial charge >= 0.3 is 0 Å². The Labute approximate surface area is 122 Å². The molecule has 0 radical (unpaired) electrons. The zero-order chi connectivity index (χ0) is 14.8. The standard InChI is InChI=1S/C16H27N3O/c1-13-11-16(12-17,9-10-18(13)2)19(3)14-7-5-6-8-15(14)20-4/h5-8,13H,9-12,17H2,1-4H3. The second-order valence-corrected chi connectivity index (χ2v) is 5.94. The Morgan fingerprint density at radius 1 is 1.45 bits per heavy atom. The van der Waals surface area contributed by atoms with E-state index in [1.165, 1.54) is 0 Å². The predicted octanol–water partition coefficient (Wildman–Crippen LogP) is 1.94. The number of piperidine rings is 1. The lowest BCUT2D eigenvalue weighted by Gasteiger charge is -2.50. The maximum absolute atomic E-state index is 6.17. The SMILES string of the molecule is COc1ccccc1N(C)C1(CN)CCN(C)C(C)C1. The molecule has 2 rings (SSSR count). The minimum absolute atomic E-state index is 0.0144. The fourth-order valence-electron chi connectivity index (χ4n) is 3.20. The molecule has 0 bridgehead atoms. The van der Waals surface area contributed by atoms with E-state index in [9.17, 15) is 0 Å². The number of likely N-dealkylation sites (N-methyl/N-ethyl adjacent to an activating group) is 1. The molecule has 2 N–H and O–H groups in total. The van der Waals surface area contributed by atoms with Gasteiger partial charge in [0.15, 0.2) is 0 Å². The van der Waals surface area contributed by atoms with E-state index >= 15 is 0 Å². The van der Waals surface area contributed by atoms with Crippen LogP contribution in [0.2, 0.25) is 0 Å². The van der Waals surface area contributed by atoms with E-state index in [0.29, 0.717) is 12.6 Å². The third kappa shape index (κ3) is 2.63. The predicted molar refractivity (Wildman–Crippen MR) is 84.5 cm³/mol. The summed E-state index contributed by atoms with van der Waals surface area (Å²) in [4.78, 5) is 4.74. The van der Waals surface area contributed by atoms with Gasteiger partial charge in [-0.3, -0.25) is 0 Å². The van der Waals surface area contributed by atoms with Crippen molar-refractivity contribution in [3.8, 4) is 5.75 Å². The molecule has 0 aromatic heterocycles. The maximum Gasteiger partial charge on any atom is 0.142 e. The summed E-state index contributed by atoms with van der Waals surface area (Å²) in [5.41, 5.74) is 7.31. The molecule has 0 spiro atoms. The Morgan fingerprint density at radius 3 is 2.75 bits per heavy atom. The summed E-state index contributed by atoms with van der Waals surface area (Å²) in [6.07, 6.45) is 2.16. The summed E-state index contributed by atoms with van der Waals surface area (Å²) >= 11 is 0. The molecule has 1 fully saturated rings. The van der Waals surface area contributed by atoms with Gasteiger partial charge in [-0.1, -0.05) is 12.1 Å². The first-order chi connectivity index (χ1) is 9.54. The Balaban J connectivity index is 2.31. The van der Waals surface area contributed by atoms with Crippen molar-refractivity contribution >= 4 is 5.69 Å². The third-order valence-electron chi connectivity index (χ3n) is 4.90. The second kappa shape index (κ2) is 6.02. The van der Waals surface area contributed by atoms with E-state index in [2.05, 4.69) is 43.0 Å². The van der Waals surface area contributed by atoms with Crippen LogP contribution in [0.4, 0.5) is 5.69 Å². The van der Waals surface area contributed by atoms with Crippen LogP contribution in [-0.4, -0.2) is 50.8 Å². The number of nitrogens with zero attached hydrogens (tertiary/aromatic N) is 2. The summed E-state index contributed by atoms with van der Waals surface area (Å²) in [6.45, 7) is 4.03. The summed E-state index contributed by atoms with van der Waals surface area (Å²) in [6, 6.07) is 8.72. The molecule has 1 saturated heterocycles. The fourth-order valence-corrected chi connectivity index (χ4v) is 3.20. The number of anilines is 1. The van der Waals surface area contributed by atoms with Gasteiger partial charge in [-0.25, -0.2) is 0 Å². The van der Waals surface area contributed by atoms with E-state index in [1.54, 1.807) is 7.11 Å². The van der Waals surface area contributed by atoms with Crippen molar-refractivity contribution in [2.45, 2.75) is 31.3 Å². The van der Waals surface area contributed by atoms with Gasteiger partial charge in [-0.2, -0.15) is 0 Å². The minimum Gasteiger partial charge on any atom is -0.495 e. The molecule has 1 heterocycles. The number of methoxy groups -OCH3 is 1. The summed E-state index contributed by atoms with van der Waals surface area (Å²) in [5, 5.41) is 0. The monoisotopic (exact) mass is 277 g/mol.